The van der Waals surface area contributed by atoms with Gasteiger partial charge in [0.1, 0.15) is 12.3 Å². The van der Waals surface area contributed by atoms with Gasteiger partial charge in [0, 0.05) is 26.2 Å². The molecule has 1 saturated heterocycles. The Hall–Kier alpha value is -2.94. The summed E-state index contributed by atoms with van der Waals surface area (Å²) in [7, 11) is 0. The number of anilines is 1. The molecule has 1 aliphatic rings. The number of ether oxygens (including phenoxy) is 1. The minimum Gasteiger partial charge on any atom is -0.492 e. The molecule has 28 heavy (non-hydrogen) atoms. The predicted octanol–water partition coefficient (Wildman–Crippen LogP) is 2.15. The number of nitrogens with zero attached hydrogens (tertiary/aromatic N) is 6. The van der Waals surface area contributed by atoms with Crippen molar-refractivity contribution in [2.45, 2.75) is 13.5 Å². The van der Waals surface area contributed by atoms with Crippen molar-refractivity contribution in [1.82, 2.24) is 25.1 Å². The first-order chi connectivity index (χ1) is 13.7. The molecule has 1 aromatic carbocycles. The highest BCUT2D eigenvalue weighted by molar-refractivity contribution is 7.13. The average Bonchev–Trinajstić information content (AvgIpc) is 3.41. The van der Waals surface area contributed by atoms with Crippen molar-refractivity contribution < 1.29 is 9.53 Å². The van der Waals surface area contributed by atoms with Gasteiger partial charge in [-0.05, 0) is 35.7 Å². The molecule has 3 heterocycles. The van der Waals surface area contributed by atoms with Crippen molar-refractivity contribution in [2.24, 2.45) is 0 Å². The van der Waals surface area contributed by atoms with Crippen LogP contribution < -0.4 is 9.64 Å². The fourth-order valence-electron chi connectivity index (χ4n) is 3.23. The molecule has 0 saturated carbocycles. The van der Waals surface area contributed by atoms with Crippen LogP contribution in [0.15, 0.2) is 41.8 Å². The van der Waals surface area contributed by atoms with E-state index < -0.39 is 0 Å². The molecule has 0 N–H and O–H groups in total. The van der Waals surface area contributed by atoms with Crippen molar-refractivity contribution in [3.05, 3.63) is 41.8 Å². The zero-order valence-electron chi connectivity index (χ0n) is 15.7. The van der Waals surface area contributed by atoms with Crippen LogP contribution in [0.25, 0.3) is 10.7 Å². The molecule has 1 fully saturated rings. The first-order valence-corrected chi connectivity index (χ1v) is 10.2. The zero-order chi connectivity index (χ0) is 19.3. The second-order valence-electron chi connectivity index (χ2n) is 6.39. The summed E-state index contributed by atoms with van der Waals surface area (Å²) < 4.78 is 5.73. The summed E-state index contributed by atoms with van der Waals surface area (Å²) in [6.45, 7) is 5.57. The first kappa shape index (κ1) is 18.4. The first-order valence-electron chi connectivity index (χ1n) is 9.31. The van der Waals surface area contributed by atoms with E-state index in [1.54, 1.807) is 11.3 Å². The smallest absolute Gasteiger partial charge is 0.246 e. The van der Waals surface area contributed by atoms with E-state index in [4.69, 9.17) is 4.74 Å². The molecule has 3 aromatic rings. The number of hydrogen-bond donors (Lipinski definition) is 0. The topological polar surface area (TPSA) is 76.4 Å². The number of carbonyl (C=O) groups is 1. The van der Waals surface area contributed by atoms with Crippen LogP contribution in [-0.2, 0) is 11.3 Å². The number of para-hydroxylation sites is 2. The average molecular weight is 398 g/mol. The van der Waals surface area contributed by atoms with Crippen LogP contribution in [0, 0.1) is 0 Å². The lowest BCUT2D eigenvalue weighted by atomic mass is 10.2. The van der Waals surface area contributed by atoms with Crippen LogP contribution in [0.1, 0.15) is 6.92 Å². The summed E-state index contributed by atoms with van der Waals surface area (Å²) in [6.07, 6.45) is 0. The van der Waals surface area contributed by atoms with Crippen molar-refractivity contribution in [3.8, 4) is 16.5 Å². The number of rotatable bonds is 6. The third-order valence-corrected chi connectivity index (χ3v) is 5.48. The van der Waals surface area contributed by atoms with E-state index >= 15 is 0 Å². The molecule has 0 bridgehead atoms. The fraction of sp³-hybridized carbons (Fsp3) is 0.368. The van der Waals surface area contributed by atoms with Gasteiger partial charge in [0.2, 0.25) is 11.7 Å². The molecule has 1 amide bonds. The number of hydrogen-bond acceptors (Lipinski definition) is 7. The lowest BCUT2D eigenvalue weighted by Crippen LogP contribution is -2.49. The minimum atomic E-state index is 0.00729. The van der Waals surface area contributed by atoms with E-state index in [0.717, 1.165) is 29.4 Å². The SMILES string of the molecule is CCOc1ccccc1N1CCN(C(=O)Cn2nnc(-c3cccs3)n2)CC1. The van der Waals surface area contributed by atoms with Gasteiger partial charge < -0.3 is 14.5 Å². The number of tetrazole rings is 1. The van der Waals surface area contributed by atoms with Gasteiger partial charge in [-0.3, -0.25) is 4.79 Å². The Morgan fingerprint density at radius 1 is 1.14 bits per heavy atom. The standard InChI is InChI=1S/C19H22N6O2S/c1-2-27-16-7-4-3-6-15(16)23-9-11-24(12-10-23)18(26)14-25-21-19(20-22-25)17-8-5-13-28-17/h3-8,13H,2,9-12,14H2,1H3. The molecule has 146 valence electrons. The third kappa shape index (κ3) is 3.99. The lowest BCUT2D eigenvalue weighted by Gasteiger charge is -2.36. The number of benzene rings is 1. The highest BCUT2D eigenvalue weighted by atomic mass is 32.1. The number of carbonyl (C=O) groups excluding carboxylic acids is 1. The Balaban J connectivity index is 1.34. The molecule has 0 radical (unpaired) electrons. The predicted molar refractivity (Wildman–Crippen MR) is 108 cm³/mol. The van der Waals surface area contributed by atoms with Gasteiger partial charge in [-0.2, -0.15) is 4.80 Å². The van der Waals surface area contributed by atoms with Gasteiger partial charge in [0.25, 0.3) is 0 Å². The van der Waals surface area contributed by atoms with Crippen LogP contribution in [0.3, 0.4) is 0 Å². The van der Waals surface area contributed by atoms with Gasteiger partial charge in [0.15, 0.2) is 0 Å². The summed E-state index contributed by atoms with van der Waals surface area (Å²) >= 11 is 1.55. The monoisotopic (exact) mass is 398 g/mol. The number of aromatic nitrogens is 4. The van der Waals surface area contributed by atoms with Crippen molar-refractivity contribution in [3.63, 3.8) is 0 Å². The highest BCUT2D eigenvalue weighted by Crippen LogP contribution is 2.28. The minimum absolute atomic E-state index is 0.00729. The Morgan fingerprint density at radius 3 is 2.71 bits per heavy atom. The second kappa shape index (κ2) is 8.39. The second-order valence-corrected chi connectivity index (χ2v) is 7.34. The molecule has 4 rings (SSSR count). The van der Waals surface area contributed by atoms with E-state index in [2.05, 4.69) is 26.4 Å². The summed E-state index contributed by atoms with van der Waals surface area (Å²) in [4.78, 5) is 19.1. The maximum absolute atomic E-state index is 12.6. The van der Waals surface area contributed by atoms with Gasteiger partial charge in [-0.25, -0.2) is 0 Å². The number of thiophene rings is 1. The van der Waals surface area contributed by atoms with E-state index in [-0.39, 0.29) is 12.5 Å². The zero-order valence-corrected chi connectivity index (χ0v) is 16.5. The van der Waals surface area contributed by atoms with Gasteiger partial charge >= 0.3 is 0 Å². The number of amides is 1. The van der Waals surface area contributed by atoms with E-state index in [1.807, 2.05) is 47.5 Å². The molecule has 8 nitrogen and oxygen atoms in total. The molecule has 9 heteroatoms. The van der Waals surface area contributed by atoms with Crippen molar-refractivity contribution in [1.29, 1.82) is 0 Å². The van der Waals surface area contributed by atoms with Crippen LogP contribution in [0.2, 0.25) is 0 Å². The summed E-state index contributed by atoms with van der Waals surface area (Å²) in [5, 5.41) is 14.3. The van der Waals surface area contributed by atoms with Crippen LogP contribution in [0.4, 0.5) is 5.69 Å². The van der Waals surface area contributed by atoms with Crippen LogP contribution in [-0.4, -0.2) is 63.8 Å². The largest absolute Gasteiger partial charge is 0.492 e. The maximum Gasteiger partial charge on any atom is 0.246 e. The molecule has 0 atom stereocenters. The highest BCUT2D eigenvalue weighted by Gasteiger charge is 2.23. The summed E-state index contributed by atoms with van der Waals surface area (Å²) in [6, 6.07) is 11.9. The van der Waals surface area contributed by atoms with Crippen molar-refractivity contribution >= 4 is 22.9 Å². The Bertz CT molecular complexity index is 918. The van der Waals surface area contributed by atoms with E-state index in [9.17, 15) is 4.79 Å². The van der Waals surface area contributed by atoms with Crippen LogP contribution >= 0.6 is 11.3 Å². The van der Waals surface area contributed by atoms with Gasteiger partial charge in [-0.15, -0.1) is 21.5 Å². The number of piperazine rings is 1. The molecule has 0 unspecified atom stereocenters. The molecule has 0 aliphatic carbocycles. The molecule has 0 spiro atoms. The Labute approximate surface area is 167 Å². The molecule has 1 aliphatic heterocycles. The normalized spacial score (nSPS) is 14.3. The summed E-state index contributed by atoms with van der Waals surface area (Å²) in [5.74, 6) is 1.45. The molecule has 2 aromatic heterocycles. The third-order valence-electron chi connectivity index (χ3n) is 4.61. The van der Waals surface area contributed by atoms with E-state index in [0.29, 0.717) is 25.5 Å². The summed E-state index contributed by atoms with van der Waals surface area (Å²) in [5.41, 5.74) is 1.08. The van der Waals surface area contributed by atoms with Gasteiger partial charge in [0.05, 0.1) is 17.2 Å². The van der Waals surface area contributed by atoms with Crippen molar-refractivity contribution in [2.75, 3.05) is 37.7 Å². The fourth-order valence-corrected chi connectivity index (χ4v) is 3.88. The molecular weight excluding hydrogens is 376 g/mol. The van der Waals surface area contributed by atoms with Crippen LogP contribution in [0.5, 0.6) is 5.75 Å². The maximum atomic E-state index is 12.6. The lowest BCUT2D eigenvalue weighted by molar-refractivity contribution is -0.132. The quantitative estimate of drug-likeness (QED) is 0.633. The van der Waals surface area contributed by atoms with E-state index in [1.165, 1.54) is 4.80 Å². The van der Waals surface area contributed by atoms with Gasteiger partial charge in [-0.1, -0.05) is 18.2 Å². The molecular formula is C19H22N6O2S. The Morgan fingerprint density at radius 2 is 1.96 bits per heavy atom. The Kier molecular flexibility index (Phi) is 5.52.